The molecule has 0 fully saturated rings. The molecule has 16 heavy (non-hydrogen) atoms. The van der Waals surface area contributed by atoms with Gasteiger partial charge < -0.3 is 15.2 Å². The number of phenols is 1. The summed E-state index contributed by atoms with van der Waals surface area (Å²) >= 11 is 5.97. The number of unbranched alkanes of at least 4 members (excludes halogenated alkanes) is 1. The lowest BCUT2D eigenvalue weighted by Gasteiger charge is -2.08. The van der Waals surface area contributed by atoms with Crippen LogP contribution in [0, 0.1) is 0 Å². The van der Waals surface area contributed by atoms with Gasteiger partial charge in [-0.2, -0.15) is 0 Å². The fourth-order valence-corrected chi connectivity index (χ4v) is 1.67. The second-order valence-electron chi connectivity index (χ2n) is 3.61. The fourth-order valence-electron chi connectivity index (χ4n) is 1.43. The quantitative estimate of drug-likeness (QED) is 0.724. The summed E-state index contributed by atoms with van der Waals surface area (Å²) in [5, 5.41) is 13.4. The molecule has 90 valence electrons. The van der Waals surface area contributed by atoms with Crippen LogP contribution in [0.2, 0.25) is 5.02 Å². The summed E-state index contributed by atoms with van der Waals surface area (Å²) in [4.78, 5) is 0. The minimum atomic E-state index is 0.247. The van der Waals surface area contributed by atoms with E-state index >= 15 is 0 Å². The van der Waals surface area contributed by atoms with Crippen molar-refractivity contribution in [2.24, 2.45) is 0 Å². The summed E-state index contributed by atoms with van der Waals surface area (Å²) in [6, 6.07) is 5.16. The number of methoxy groups -OCH3 is 1. The fraction of sp³-hybridized carbons (Fsp3) is 0.500. The summed E-state index contributed by atoms with van der Waals surface area (Å²) < 4.78 is 4.96. The molecule has 0 bridgehead atoms. The number of ether oxygens (including phenoxy) is 1. The normalized spacial score (nSPS) is 10.6. The summed E-state index contributed by atoms with van der Waals surface area (Å²) in [6.07, 6.45) is 2.09. The molecule has 0 unspecified atom stereocenters. The minimum Gasteiger partial charge on any atom is -0.508 e. The zero-order valence-electron chi connectivity index (χ0n) is 9.50. The first-order chi connectivity index (χ1) is 7.75. The predicted molar refractivity (Wildman–Crippen MR) is 65.9 cm³/mol. The van der Waals surface area contributed by atoms with Crippen LogP contribution in [0.1, 0.15) is 18.4 Å². The number of benzene rings is 1. The van der Waals surface area contributed by atoms with Crippen LogP contribution < -0.4 is 5.32 Å². The van der Waals surface area contributed by atoms with Crippen molar-refractivity contribution in [1.82, 2.24) is 5.32 Å². The molecule has 2 N–H and O–H groups in total. The molecule has 1 aromatic rings. The van der Waals surface area contributed by atoms with Crippen molar-refractivity contribution in [1.29, 1.82) is 0 Å². The summed E-state index contributed by atoms with van der Waals surface area (Å²) in [5.41, 5.74) is 0.760. The first kappa shape index (κ1) is 13.3. The highest BCUT2D eigenvalue weighted by molar-refractivity contribution is 6.31. The Bertz CT molecular complexity index is 298. The van der Waals surface area contributed by atoms with Gasteiger partial charge in [-0.3, -0.25) is 0 Å². The maximum atomic E-state index is 9.59. The van der Waals surface area contributed by atoms with Crippen LogP contribution in [-0.2, 0) is 11.3 Å². The minimum absolute atomic E-state index is 0.247. The number of hydrogen-bond donors (Lipinski definition) is 2. The van der Waals surface area contributed by atoms with Crippen molar-refractivity contribution in [2.45, 2.75) is 19.4 Å². The molecule has 4 heteroatoms. The van der Waals surface area contributed by atoms with Crippen LogP contribution in [0.15, 0.2) is 18.2 Å². The van der Waals surface area contributed by atoms with Crippen molar-refractivity contribution in [3.8, 4) is 5.75 Å². The molecule has 1 rings (SSSR count). The largest absolute Gasteiger partial charge is 0.508 e. The number of rotatable bonds is 7. The van der Waals surface area contributed by atoms with Crippen LogP contribution in [-0.4, -0.2) is 25.4 Å². The highest BCUT2D eigenvalue weighted by atomic mass is 35.5. The van der Waals surface area contributed by atoms with Gasteiger partial charge in [0.15, 0.2) is 0 Å². The van der Waals surface area contributed by atoms with Crippen LogP contribution >= 0.6 is 11.6 Å². The van der Waals surface area contributed by atoms with E-state index in [1.165, 1.54) is 0 Å². The molecule has 0 atom stereocenters. The average Bonchev–Trinajstić information content (AvgIpc) is 2.26. The lowest BCUT2D eigenvalue weighted by molar-refractivity contribution is 0.192. The topological polar surface area (TPSA) is 41.5 Å². The van der Waals surface area contributed by atoms with E-state index in [1.807, 2.05) is 0 Å². The van der Waals surface area contributed by atoms with Crippen molar-refractivity contribution in [3.63, 3.8) is 0 Å². The molecule has 0 aliphatic heterocycles. The molecule has 0 aliphatic rings. The van der Waals surface area contributed by atoms with Gasteiger partial charge in [-0.05, 0) is 31.5 Å². The van der Waals surface area contributed by atoms with E-state index in [-0.39, 0.29) is 5.75 Å². The van der Waals surface area contributed by atoms with Gasteiger partial charge in [0.25, 0.3) is 0 Å². The first-order valence-corrected chi connectivity index (χ1v) is 5.79. The molecule has 0 saturated carbocycles. The summed E-state index contributed by atoms with van der Waals surface area (Å²) in [5.74, 6) is 0.247. The number of halogens is 1. The summed E-state index contributed by atoms with van der Waals surface area (Å²) in [6.45, 7) is 2.28. The maximum absolute atomic E-state index is 9.59. The van der Waals surface area contributed by atoms with E-state index in [0.717, 1.165) is 31.6 Å². The van der Waals surface area contributed by atoms with Crippen LogP contribution in [0.4, 0.5) is 0 Å². The standard InChI is InChI=1S/C12H18ClNO2/c1-16-8-3-2-7-14-9-10-11(13)5-4-6-12(10)15/h4-6,14-15H,2-3,7-9H2,1H3. The van der Waals surface area contributed by atoms with E-state index in [0.29, 0.717) is 11.6 Å². The van der Waals surface area contributed by atoms with Crippen molar-refractivity contribution in [2.75, 3.05) is 20.3 Å². The van der Waals surface area contributed by atoms with E-state index in [9.17, 15) is 5.11 Å². The molecule has 0 aromatic heterocycles. The zero-order chi connectivity index (χ0) is 11.8. The van der Waals surface area contributed by atoms with E-state index in [2.05, 4.69) is 5.32 Å². The molecule has 0 spiro atoms. The van der Waals surface area contributed by atoms with Crippen LogP contribution in [0.3, 0.4) is 0 Å². The van der Waals surface area contributed by atoms with Gasteiger partial charge >= 0.3 is 0 Å². The molecule has 0 heterocycles. The average molecular weight is 244 g/mol. The monoisotopic (exact) mass is 243 g/mol. The lowest BCUT2D eigenvalue weighted by atomic mass is 10.2. The maximum Gasteiger partial charge on any atom is 0.121 e. The molecule has 0 aliphatic carbocycles. The second-order valence-corrected chi connectivity index (χ2v) is 4.02. The van der Waals surface area contributed by atoms with Gasteiger partial charge in [-0.1, -0.05) is 17.7 Å². The Balaban J connectivity index is 2.26. The molecule has 0 saturated heterocycles. The molecule has 0 radical (unpaired) electrons. The number of nitrogens with one attached hydrogen (secondary N) is 1. The van der Waals surface area contributed by atoms with Gasteiger partial charge in [0.05, 0.1) is 0 Å². The summed E-state index contributed by atoms with van der Waals surface area (Å²) in [7, 11) is 1.70. The Kier molecular flexibility index (Phi) is 6.23. The molecule has 0 amide bonds. The Hall–Kier alpha value is -0.770. The van der Waals surface area contributed by atoms with Crippen LogP contribution in [0.5, 0.6) is 5.75 Å². The van der Waals surface area contributed by atoms with Gasteiger partial charge in [-0.15, -0.1) is 0 Å². The van der Waals surface area contributed by atoms with Crippen molar-refractivity contribution in [3.05, 3.63) is 28.8 Å². The highest BCUT2D eigenvalue weighted by Crippen LogP contribution is 2.24. The van der Waals surface area contributed by atoms with E-state index < -0.39 is 0 Å². The lowest BCUT2D eigenvalue weighted by Crippen LogP contribution is -2.15. The van der Waals surface area contributed by atoms with Gasteiger partial charge in [0.2, 0.25) is 0 Å². The number of hydrogen-bond acceptors (Lipinski definition) is 3. The molecular formula is C12H18ClNO2. The second kappa shape index (κ2) is 7.49. The van der Waals surface area contributed by atoms with Crippen molar-refractivity contribution < 1.29 is 9.84 Å². The van der Waals surface area contributed by atoms with Crippen molar-refractivity contribution >= 4 is 11.6 Å². The SMILES string of the molecule is COCCCCNCc1c(O)cccc1Cl. The van der Waals surface area contributed by atoms with Gasteiger partial charge in [-0.25, -0.2) is 0 Å². The van der Waals surface area contributed by atoms with E-state index in [1.54, 1.807) is 25.3 Å². The third-order valence-electron chi connectivity index (χ3n) is 2.35. The van der Waals surface area contributed by atoms with Crippen LogP contribution in [0.25, 0.3) is 0 Å². The molecule has 1 aromatic carbocycles. The Morgan fingerprint density at radius 2 is 2.19 bits per heavy atom. The number of phenolic OH excluding ortho intramolecular Hbond substituents is 1. The van der Waals surface area contributed by atoms with E-state index in [4.69, 9.17) is 16.3 Å². The highest BCUT2D eigenvalue weighted by Gasteiger charge is 2.04. The van der Waals surface area contributed by atoms with Gasteiger partial charge in [0, 0.05) is 30.8 Å². The number of aromatic hydroxyl groups is 1. The Labute approximate surface area is 101 Å². The zero-order valence-corrected chi connectivity index (χ0v) is 10.3. The van der Waals surface area contributed by atoms with Gasteiger partial charge in [0.1, 0.15) is 5.75 Å². The molecular weight excluding hydrogens is 226 g/mol. The smallest absolute Gasteiger partial charge is 0.121 e. The third kappa shape index (κ3) is 4.39. The first-order valence-electron chi connectivity index (χ1n) is 5.41. The Morgan fingerprint density at radius 1 is 1.38 bits per heavy atom. The predicted octanol–water partition coefficient (Wildman–Crippen LogP) is 2.56. The third-order valence-corrected chi connectivity index (χ3v) is 2.70. The molecule has 3 nitrogen and oxygen atoms in total. The Morgan fingerprint density at radius 3 is 2.88 bits per heavy atom.